The third kappa shape index (κ3) is 4.82. The van der Waals surface area contributed by atoms with Crippen LogP contribution in [0.5, 0.6) is 0 Å². The molecule has 1 aromatic rings. The summed E-state index contributed by atoms with van der Waals surface area (Å²) in [6, 6.07) is 4.90. The Labute approximate surface area is 143 Å². The molecule has 1 aromatic carbocycles. The zero-order chi connectivity index (χ0) is 17.2. The van der Waals surface area contributed by atoms with Crippen LogP contribution in [0.3, 0.4) is 0 Å². The van der Waals surface area contributed by atoms with Crippen molar-refractivity contribution in [3.05, 3.63) is 32.8 Å². The number of benzene rings is 1. The Balaban J connectivity index is 2.03. The molecule has 0 radical (unpaired) electrons. The summed E-state index contributed by atoms with van der Waals surface area (Å²) in [6.45, 7) is 6.57. The number of nitrogens with one attached hydrogen (secondary N) is 1. The number of ether oxygens (including phenoxy) is 1. The van der Waals surface area contributed by atoms with E-state index in [9.17, 15) is 14.9 Å². The molecular formula is C15H20BrN3O4. The molecule has 1 aliphatic rings. The average molecular weight is 386 g/mol. The summed E-state index contributed by atoms with van der Waals surface area (Å²) < 4.78 is 5.90. The van der Waals surface area contributed by atoms with Gasteiger partial charge >= 0.3 is 6.09 Å². The normalized spacial score (nSPS) is 17.9. The Morgan fingerprint density at radius 2 is 2.17 bits per heavy atom. The zero-order valence-corrected chi connectivity index (χ0v) is 14.9. The number of alkyl carbamates (subject to hydrolysis) is 1. The standard InChI is InChI=1S/C15H20BrN3O4/c1-15(2,3)23-14(20)17-11-6-7-18(9-11)12-5-4-10(16)8-13(12)19(21)22/h4-5,8,11H,6-7,9H2,1-3H3,(H,17,20). The van der Waals surface area contributed by atoms with Crippen LogP contribution in [0.2, 0.25) is 0 Å². The lowest BCUT2D eigenvalue weighted by Gasteiger charge is -2.22. The van der Waals surface area contributed by atoms with E-state index >= 15 is 0 Å². The topological polar surface area (TPSA) is 84.7 Å². The number of nitro benzene ring substituents is 1. The van der Waals surface area contributed by atoms with Crippen LogP contribution in [0.1, 0.15) is 27.2 Å². The second kappa shape index (κ2) is 6.74. The van der Waals surface area contributed by atoms with Crippen LogP contribution in [0.4, 0.5) is 16.2 Å². The molecule has 1 N–H and O–H groups in total. The summed E-state index contributed by atoms with van der Waals surface area (Å²) in [7, 11) is 0. The molecule has 0 bridgehead atoms. The number of hydrogen-bond acceptors (Lipinski definition) is 5. The summed E-state index contributed by atoms with van der Waals surface area (Å²) in [6.07, 6.45) is 0.251. The minimum atomic E-state index is -0.549. The van der Waals surface area contributed by atoms with Crippen LogP contribution >= 0.6 is 15.9 Å². The lowest BCUT2D eigenvalue weighted by molar-refractivity contribution is -0.384. The van der Waals surface area contributed by atoms with Gasteiger partial charge in [-0.25, -0.2) is 4.79 Å². The minimum Gasteiger partial charge on any atom is -0.444 e. The Kier molecular flexibility index (Phi) is 5.13. The summed E-state index contributed by atoms with van der Waals surface area (Å²) >= 11 is 3.25. The number of nitro groups is 1. The van der Waals surface area contributed by atoms with E-state index in [1.807, 2.05) is 4.90 Å². The van der Waals surface area contributed by atoms with Gasteiger partial charge in [-0.2, -0.15) is 0 Å². The van der Waals surface area contributed by atoms with Gasteiger partial charge in [-0.15, -0.1) is 0 Å². The Morgan fingerprint density at radius 1 is 1.48 bits per heavy atom. The van der Waals surface area contributed by atoms with E-state index < -0.39 is 16.6 Å². The van der Waals surface area contributed by atoms with Crippen molar-refractivity contribution in [2.24, 2.45) is 0 Å². The fourth-order valence-corrected chi connectivity index (χ4v) is 2.83. The molecule has 0 spiro atoms. The average Bonchev–Trinajstić information content (AvgIpc) is 2.84. The number of carbonyl (C=O) groups is 1. The smallest absolute Gasteiger partial charge is 0.407 e. The summed E-state index contributed by atoms with van der Waals surface area (Å²) in [5.41, 5.74) is 0.0661. The van der Waals surface area contributed by atoms with Crippen molar-refractivity contribution in [2.45, 2.75) is 38.8 Å². The highest BCUT2D eigenvalue weighted by molar-refractivity contribution is 9.10. The van der Waals surface area contributed by atoms with Crippen LogP contribution in [0.15, 0.2) is 22.7 Å². The molecule has 2 rings (SSSR count). The highest BCUT2D eigenvalue weighted by Gasteiger charge is 2.29. The van der Waals surface area contributed by atoms with Gasteiger partial charge in [0.1, 0.15) is 11.3 Å². The lowest BCUT2D eigenvalue weighted by atomic mass is 10.2. The fraction of sp³-hybridized carbons (Fsp3) is 0.533. The molecule has 0 aliphatic carbocycles. The van der Waals surface area contributed by atoms with Gasteiger partial charge < -0.3 is 15.0 Å². The van der Waals surface area contributed by atoms with Crippen LogP contribution in [-0.2, 0) is 4.74 Å². The summed E-state index contributed by atoms with van der Waals surface area (Å²) in [5.74, 6) is 0. The van der Waals surface area contributed by atoms with Crippen molar-refractivity contribution in [1.29, 1.82) is 0 Å². The molecule has 7 nitrogen and oxygen atoms in total. The van der Waals surface area contributed by atoms with Gasteiger partial charge in [0.2, 0.25) is 0 Å². The lowest BCUT2D eigenvalue weighted by Crippen LogP contribution is -2.40. The molecule has 1 fully saturated rings. The third-order valence-corrected chi connectivity index (χ3v) is 3.88. The number of amides is 1. The molecule has 0 saturated carbocycles. The van der Waals surface area contributed by atoms with Crippen molar-refractivity contribution in [1.82, 2.24) is 5.32 Å². The van der Waals surface area contributed by atoms with Crippen LogP contribution in [0, 0.1) is 10.1 Å². The summed E-state index contributed by atoms with van der Waals surface area (Å²) in [4.78, 5) is 24.5. The van der Waals surface area contributed by atoms with Crippen molar-refractivity contribution in [2.75, 3.05) is 18.0 Å². The minimum absolute atomic E-state index is 0.0530. The van der Waals surface area contributed by atoms with Gasteiger partial charge in [0.15, 0.2) is 0 Å². The molecule has 126 valence electrons. The summed E-state index contributed by atoms with van der Waals surface area (Å²) in [5, 5.41) is 14.0. The van der Waals surface area contributed by atoms with E-state index in [0.717, 1.165) is 0 Å². The second-order valence-corrected chi connectivity index (χ2v) is 7.38. The van der Waals surface area contributed by atoms with E-state index in [4.69, 9.17) is 4.74 Å². The van der Waals surface area contributed by atoms with Crippen LogP contribution < -0.4 is 10.2 Å². The molecule has 23 heavy (non-hydrogen) atoms. The second-order valence-electron chi connectivity index (χ2n) is 6.47. The van der Waals surface area contributed by atoms with Crippen LogP contribution in [0.25, 0.3) is 0 Å². The maximum Gasteiger partial charge on any atom is 0.407 e. The van der Waals surface area contributed by atoms with Gasteiger partial charge in [0.25, 0.3) is 5.69 Å². The predicted octanol–water partition coefficient (Wildman–Crippen LogP) is 3.46. The quantitative estimate of drug-likeness (QED) is 0.635. The Morgan fingerprint density at radius 3 is 2.78 bits per heavy atom. The molecule has 1 aliphatic heterocycles. The van der Waals surface area contributed by atoms with E-state index in [0.29, 0.717) is 29.7 Å². The third-order valence-electron chi connectivity index (χ3n) is 3.38. The maximum absolute atomic E-state index is 11.8. The number of carbonyl (C=O) groups excluding carboxylic acids is 1. The fourth-order valence-electron chi connectivity index (χ4n) is 2.48. The van der Waals surface area contributed by atoms with Gasteiger partial charge in [0, 0.05) is 23.6 Å². The van der Waals surface area contributed by atoms with Crippen molar-refractivity contribution in [3.8, 4) is 0 Å². The van der Waals surface area contributed by atoms with Gasteiger partial charge in [0.05, 0.1) is 11.0 Å². The Bertz CT molecular complexity index is 615. The van der Waals surface area contributed by atoms with Crippen molar-refractivity contribution >= 4 is 33.4 Å². The Hall–Kier alpha value is -1.83. The maximum atomic E-state index is 11.8. The first kappa shape index (κ1) is 17.5. The van der Waals surface area contributed by atoms with E-state index in [1.54, 1.807) is 32.9 Å². The van der Waals surface area contributed by atoms with E-state index in [2.05, 4.69) is 21.2 Å². The van der Waals surface area contributed by atoms with Crippen molar-refractivity contribution < 1.29 is 14.5 Å². The number of halogens is 1. The molecule has 8 heteroatoms. The first-order valence-electron chi connectivity index (χ1n) is 7.34. The molecule has 1 unspecified atom stereocenters. The van der Waals surface area contributed by atoms with E-state index in [-0.39, 0.29) is 11.7 Å². The first-order chi connectivity index (χ1) is 10.7. The molecule has 1 atom stereocenters. The predicted molar refractivity (Wildman–Crippen MR) is 90.8 cm³/mol. The molecule has 1 amide bonds. The van der Waals surface area contributed by atoms with Crippen molar-refractivity contribution in [3.63, 3.8) is 0 Å². The SMILES string of the molecule is CC(C)(C)OC(=O)NC1CCN(c2ccc(Br)cc2[N+](=O)[O-])C1. The largest absolute Gasteiger partial charge is 0.444 e. The van der Waals surface area contributed by atoms with Gasteiger partial charge in [-0.1, -0.05) is 15.9 Å². The molecule has 0 aromatic heterocycles. The molecule has 1 heterocycles. The highest BCUT2D eigenvalue weighted by atomic mass is 79.9. The number of anilines is 1. The van der Waals surface area contributed by atoms with Crippen LogP contribution in [-0.4, -0.2) is 35.7 Å². The molecular weight excluding hydrogens is 366 g/mol. The van der Waals surface area contributed by atoms with E-state index in [1.165, 1.54) is 6.07 Å². The van der Waals surface area contributed by atoms with Gasteiger partial charge in [-0.3, -0.25) is 10.1 Å². The number of hydrogen-bond donors (Lipinski definition) is 1. The van der Waals surface area contributed by atoms with Gasteiger partial charge in [-0.05, 0) is 39.3 Å². The number of rotatable bonds is 3. The number of nitrogens with zero attached hydrogens (tertiary/aromatic N) is 2. The first-order valence-corrected chi connectivity index (χ1v) is 8.13. The zero-order valence-electron chi connectivity index (χ0n) is 13.3. The molecule has 1 saturated heterocycles. The highest BCUT2D eigenvalue weighted by Crippen LogP contribution is 2.33. The monoisotopic (exact) mass is 385 g/mol.